The fraction of sp³-hybridized carbons (Fsp3) is 0.571. The lowest BCUT2D eigenvalue weighted by Gasteiger charge is -2.47. The predicted octanol–water partition coefficient (Wildman–Crippen LogP) is 4.01. The van der Waals surface area contributed by atoms with Gasteiger partial charge in [0.2, 0.25) is 0 Å². The van der Waals surface area contributed by atoms with Gasteiger partial charge in [0, 0.05) is 17.6 Å². The summed E-state index contributed by atoms with van der Waals surface area (Å²) in [5, 5.41) is 3.62. The zero-order valence-electron chi connectivity index (χ0n) is 10.3. The fourth-order valence-electron chi connectivity index (χ4n) is 3.47. The Balaban J connectivity index is 2.05. The van der Waals surface area contributed by atoms with Crippen molar-refractivity contribution >= 4 is 27.3 Å². The average molecular weight is 295 g/mol. The van der Waals surface area contributed by atoms with E-state index in [0.717, 1.165) is 13.1 Å². The standard InChI is InChI=1S/C14H19BrN2/c1-2-17-13-9-11(15)5-6-12(13)16-10-14(17)7-3-4-8-14/h5-6,9,16H,2-4,7-8,10H2,1H3. The first-order valence-electron chi connectivity index (χ1n) is 6.56. The van der Waals surface area contributed by atoms with Crippen LogP contribution in [0.5, 0.6) is 0 Å². The molecule has 1 N–H and O–H groups in total. The van der Waals surface area contributed by atoms with Gasteiger partial charge in [-0.1, -0.05) is 28.8 Å². The maximum Gasteiger partial charge on any atom is 0.0618 e. The van der Waals surface area contributed by atoms with Crippen molar-refractivity contribution in [1.82, 2.24) is 0 Å². The van der Waals surface area contributed by atoms with Crippen LogP contribution in [0.4, 0.5) is 11.4 Å². The summed E-state index contributed by atoms with van der Waals surface area (Å²) in [6.45, 7) is 4.48. The Labute approximate surface area is 112 Å². The van der Waals surface area contributed by atoms with Gasteiger partial charge in [-0.25, -0.2) is 0 Å². The summed E-state index contributed by atoms with van der Waals surface area (Å²) in [5.74, 6) is 0. The number of nitrogens with zero attached hydrogens (tertiary/aromatic N) is 1. The van der Waals surface area contributed by atoms with Crippen molar-refractivity contribution in [2.75, 3.05) is 23.3 Å². The monoisotopic (exact) mass is 294 g/mol. The van der Waals surface area contributed by atoms with Crippen molar-refractivity contribution in [3.63, 3.8) is 0 Å². The van der Waals surface area contributed by atoms with E-state index in [9.17, 15) is 0 Å². The van der Waals surface area contributed by atoms with Crippen LogP contribution < -0.4 is 10.2 Å². The first-order valence-corrected chi connectivity index (χ1v) is 7.35. The van der Waals surface area contributed by atoms with E-state index in [2.05, 4.69) is 51.3 Å². The van der Waals surface area contributed by atoms with Crippen molar-refractivity contribution in [2.45, 2.75) is 38.1 Å². The SMILES string of the molecule is CCN1c2cc(Br)ccc2NCC12CCCC2. The first kappa shape index (κ1) is 11.4. The summed E-state index contributed by atoms with van der Waals surface area (Å²) in [4.78, 5) is 2.62. The average Bonchev–Trinajstić information content (AvgIpc) is 2.78. The van der Waals surface area contributed by atoms with E-state index in [0.29, 0.717) is 5.54 Å². The van der Waals surface area contributed by atoms with Gasteiger partial charge in [0.05, 0.1) is 16.9 Å². The molecule has 1 aliphatic heterocycles. The molecule has 0 amide bonds. The fourth-order valence-corrected chi connectivity index (χ4v) is 3.82. The number of rotatable bonds is 1. The molecule has 1 aromatic carbocycles. The molecule has 92 valence electrons. The number of nitrogens with one attached hydrogen (secondary N) is 1. The number of halogens is 1. The smallest absolute Gasteiger partial charge is 0.0618 e. The van der Waals surface area contributed by atoms with Gasteiger partial charge in [0.1, 0.15) is 0 Å². The van der Waals surface area contributed by atoms with E-state index >= 15 is 0 Å². The van der Waals surface area contributed by atoms with Gasteiger partial charge in [0.25, 0.3) is 0 Å². The van der Waals surface area contributed by atoms with Gasteiger partial charge in [-0.3, -0.25) is 0 Å². The Hall–Kier alpha value is -0.700. The van der Waals surface area contributed by atoms with Gasteiger partial charge < -0.3 is 10.2 Å². The highest BCUT2D eigenvalue weighted by molar-refractivity contribution is 9.10. The lowest BCUT2D eigenvalue weighted by atomic mass is 9.91. The van der Waals surface area contributed by atoms with Crippen LogP contribution >= 0.6 is 15.9 Å². The Morgan fingerprint density at radius 1 is 1.35 bits per heavy atom. The molecule has 0 bridgehead atoms. The summed E-state index contributed by atoms with van der Waals surface area (Å²) in [5.41, 5.74) is 3.03. The van der Waals surface area contributed by atoms with Gasteiger partial charge in [-0.15, -0.1) is 0 Å². The Bertz CT molecular complexity index is 424. The topological polar surface area (TPSA) is 15.3 Å². The summed E-state index contributed by atoms with van der Waals surface area (Å²) >= 11 is 3.59. The highest BCUT2D eigenvalue weighted by Gasteiger charge is 2.42. The molecule has 0 saturated heterocycles. The molecule has 1 aliphatic carbocycles. The number of benzene rings is 1. The van der Waals surface area contributed by atoms with Crippen LogP contribution in [0.3, 0.4) is 0 Å². The predicted molar refractivity (Wildman–Crippen MR) is 76.9 cm³/mol. The minimum absolute atomic E-state index is 0.378. The van der Waals surface area contributed by atoms with E-state index < -0.39 is 0 Å². The zero-order valence-corrected chi connectivity index (χ0v) is 11.9. The van der Waals surface area contributed by atoms with Crippen LogP contribution in [0, 0.1) is 0 Å². The third-order valence-electron chi connectivity index (χ3n) is 4.28. The molecule has 1 fully saturated rings. The van der Waals surface area contributed by atoms with Gasteiger partial charge in [-0.2, -0.15) is 0 Å². The summed E-state index contributed by atoms with van der Waals surface area (Å²) in [7, 11) is 0. The van der Waals surface area contributed by atoms with Crippen molar-refractivity contribution < 1.29 is 0 Å². The molecule has 1 spiro atoms. The van der Waals surface area contributed by atoms with E-state index in [1.807, 2.05) is 0 Å². The molecule has 17 heavy (non-hydrogen) atoms. The molecule has 1 saturated carbocycles. The van der Waals surface area contributed by atoms with E-state index in [1.54, 1.807) is 0 Å². The Morgan fingerprint density at radius 3 is 2.82 bits per heavy atom. The molecule has 3 heteroatoms. The lowest BCUT2D eigenvalue weighted by Crippen LogP contribution is -2.54. The van der Waals surface area contributed by atoms with E-state index in [4.69, 9.17) is 0 Å². The van der Waals surface area contributed by atoms with Gasteiger partial charge in [0.15, 0.2) is 0 Å². The molecular weight excluding hydrogens is 276 g/mol. The number of hydrogen-bond donors (Lipinski definition) is 1. The van der Waals surface area contributed by atoms with Crippen LogP contribution in [0.25, 0.3) is 0 Å². The number of anilines is 2. The molecule has 2 nitrogen and oxygen atoms in total. The van der Waals surface area contributed by atoms with Crippen LogP contribution in [-0.2, 0) is 0 Å². The molecule has 1 aromatic rings. The number of likely N-dealkylation sites (N-methyl/N-ethyl adjacent to an activating group) is 1. The number of hydrogen-bond acceptors (Lipinski definition) is 2. The normalized spacial score (nSPS) is 21.4. The molecule has 0 atom stereocenters. The highest BCUT2D eigenvalue weighted by atomic mass is 79.9. The molecule has 2 aliphatic rings. The summed E-state index contributed by atoms with van der Waals surface area (Å²) in [6, 6.07) is 6.56. The summed E-state index contributed by atoms with van der Waals surface area (Å²) < 4.78 is 1.17. The van der Waals surface area contributed by atoms with Crippen molar-refractivity contribution in [2.24, 2.45) is 0 Å². The highest BCUT2D eigenvalue weighted by Crippen LogP contribution is 2.44. The van der Waals surface area contributed by atoms with Crippen molar-refractivity contribution in [1.29, 1.82) is 0 Å². The lowest BCUT2D eigenvalue weighted by molar-refractivity contribution is 0.412. The molecular formula is C14H19BrN2. The third kappa shape index (κ3) is 1.75. The van der Waals surface area contributed by atoms with E-state index in [-0.39, 0.29) is 0 Å². The second-order valence-electron chi connectivity index (χ2n) is 5.19. The first-order chi connectivity index (χ1) is 8.25. The van der Waals surface area contributed by atoms with Crippen LogP contribution in [-0.4, -0.2) is 18.6 Å². The van der Waals surface area contributed by atoms with Gasteiger partial charge >= 0.3 is 0 Å². The zero-order chi connectivity index (χ0) is 11.9. The van der Waals surface area contributed by atoms with Crippen LogP contribution in [0.1, 0.15) is 32.6 Å². The quantitative estimate of drug-likeness (QED) is 0.842. The van der Waals surface area contributed by atoms with Gasteiger partial charge in [-0.05, 0) is 38.0 Å². The Morgan fingerprint density at radius 2 is 2.12 bits per heavy atom. The van der Waals surface area contributed by atoms with Crippen LogP contribution in [0.15, 0.2) is 22.7 Å². The third-order valence-corrected chi connectivity index (χ3v) is 4.77. The van der Waals surface area contributed by atoms with Crippen LogP contribution in [0.2, 0.25) is 0 Å². The molecule has 1 heterocycles. The maximum atomic E-state index is 3.62. The second kappa shape index (κ2) is 4.20. The molecule has 3 rings (SSSR count). The molecule has 0 radical (unpaired) electrons. The summed E-state index contributed by atoms with van der Waals surface area (Å²) in [6.07, 6.45) is 5.42. The van der Waals surface area contributed by atoms with Crippen molar-refractivity contribution in [3.8, 4) is 0 Å². The number of fused-ring (bicyclic) bond motifs is 1. The Kier molecular flexibility index (Phi) is 2.81. The molecule has 0 unspecified atom stereocenters. The maximum absolute atomic E-state index is 3.62. The second-order valence-corrected chi connectivity index (χ2v) is 6.11. The minimum Gasteiger partial charge on any atom is -0.381 e. The minimum atomic E-state index is 0.378. The van der Waals surface area contributed by atoms with Crippen molar-refractivity contribution in [3.05, 3.63) is 22.7 Å². The van der Waals surface area contributed by atoms with E-state index in [1.165, 1.54) is 41.5 Å². The largest absolute Gasteiger partial charge is 0.381 e. The molecule has 0 aromatic heterocycles.